The van der Waals surface area contributed by atoms with Crippen LogP contribution in [0.25, 0.3) is 11.1 Å². The third-order valence-electron chi connectivity index (χ3n) is 6.56. The van der Waals surface area contributed by atoms with E-state index in [1.54, 1.807) is 16.4 Å². The van der Waals surface area contributed by atoms with E-state index in [1.807, 2.05) is 55.6 Å². The largest absolute Gasteiger partial charge is 0.392 e. The number of aliphatic hydroxyl groups is 1. The maximum Gasteiger partial charge on any atom is 0.217 e. The number of hydrogen-bond donors (Lipinski definition) is 2. The van der Waals surface area contributed by atoms with Crippen LogP contribution in [0.4, 0.5) is 0 Å². The van der Waals surface area contributed by atoms with Crippen LogP contribution in [0.15, 0.2) is 78.0 Å². The average molecular weight is 546 g/mol. The molecule has 0 radical (unpaired) electrons. The van der Waals surface area contributed by atoms with Gasteiger partial charge in [-0.2, -0.15) is 0 Å². The molecule has 1 aliphatic rings. The normalized spacial score (nSPS) is 19.1. The van der Waals surface area contributed by atoms with Crippen LogP contribution in [0, 0.1) is 0 Å². The summed E-state index contributed by atoms with van der Waals surface area (Å²) < 4.78 is 14.6. The monoisotopic (exact) mass is 545 g/mol. The van der Waals surface area contributed by atoms with Crippen LogP contribution < -0.4 is 5.32 Å². The summed E-state index contributed by atoms with van der Waals surface area (Å²) in [6.07, 6.45) is -0.160. The number of aromatic nitrogens is 4. The Hall–Kier alpha value is -3.57. The molecule has 10 heteroatoms. The van der Waals surface area contributed by atoms with E-state index in [2.05, 4.69) is 45.1 Å². The first-order valence-corrected chi connectivity index (χ1v) is 13.8. The van der Waals surface area contributed by atoms with Crippen molar-refractivity contribution in [2.75, 3.05) is 5.75 Å². The molecule has 39 heavy (non-hydrogen) atoms. The number of nitrogens with one attached hydrogen (secondary N) is 1. The smallest absolute Gasteiger partial charge is 0.217 e. The Kier molecular flexibility index (Phi) is 8.67. The minimum atomic E-state index is -0.563. The number of amides is 1. The van der Waals surface area contributed by atoms with Gasteiger partial charge in [0.15, 0.2) is 6.29 Å². The zero-order valence-electron chi connectivity index (χ0n) is 21.9. The predicted octanol–water partition coefficient (Wildman–Crippen LogP) is 4.34. The van der Waals surface area contributed by atoms with Crippen LogP contribution in [0.5, 0.6) is 0 Å². The Morgan fingerprint density at radius 3 is 2.51 bits per heavy atom. The van der Waals surface area contributed by atoms with Gasteiger partial charge in [-0.05, 0) is 50.4 Å². The summed E-state index contributed by atoms with van der Waals surface area (Å²) in [5, 5.41) is 24.8. The molecule has 0 spiro atoms. The third-order valence-corrected chi connectivity index (χ3v) is 7.70. The second-order valence-corrected chi connectivity index (χ2v) is 10.5. The summed E-state index contributed by atoms with van der Waals surface area (Å²) in [7, 11) is 1.82. The summed E-state index contributed by atoms with van der Waals surface area (Å²) in [5.74, 6) is 0.613. The van der Waals surface area contributed by atoms with Gasteiger partial charge in [-0.1, -0.05) is 72.4 Å². The first-order valence-electron chi connectivity index (χ1n) is 12.8. The van der Waals surface area contributed by atoms with Gasteiger partial charge >= 0.3 is 0 Å². The molecule has 1 saturated heterocycles. The maximum absolute atomic E-state index is 11.3. The second kappa shape index (κ2) is 12.5. The van der Waals surface area contributed by atoms with Crippen molar-refractivity contribution in [3.63, 3.8) is 0 Å². The minimum Gasteiger partial charge on any atom is -0.392 e. The number of aliphatic hydroxyl groups excluding tert-OH is 1. The highest BCUT2D eigenvalue weighted by atomic mass is 32.2. The maximum atomic E-state index is 11.3. The van der Waals surface area contributed by atoms with Crippen LogP contribution in [0.1, 0.15) is 48.0 Å². The van der Waals surface area contributed by atoms with Gasteiger partial charge in [-0.25, -0.2) is 4.68 Å². The zero-order chi connectivity index (χ0) is 27.2. The first-order chi connectivity index (χ1) is 19.0. The van der Waals surface area contributed by atoms with Gasteiger partial charge < -0.3 is 19.9 Å². The van der Waals surface area contributed by atoms with E-state index in [0.717, 1.165) is 38.5 Å². The molecule has 3 unspecified atom stereocenters. The standard InChI is InChI=1S/C29H31N5O4S/c1-19(36)30-16-21-5-3-6-23(13-21)24-7-4-8-25(14-24)28-37-26(18-39-29-31-32-33-34(29)2)15-27(38-28)22-11-9-20(17-35)10-12-22/h3-14,26-28,35H,15-18H2,1-2H3,(H,30,36). The Bertz CT molecular complexity index is 1410. The molecule has 0 aliphatic carbocycles. The van der Waals surface area contributed by atoms with Crippen molar-refractivity contribution >= 4 is 17.7 Å². The number of tetrazole rings is 1. The summed E-state index contributed by atoms with van der Waals surface area (Å²) in [4.78, 5) is 11.3. The number of ether oxygens (including phenoxy) is 2. The lowest BCUT2D eigenvalue weighted by Gasteiger charge is -2.36. The van der Waals surface area contributed by atoms with E-state index in [1.165, 1.54) is 6.92 Å². The van der Waals surface area contributed by atoms with Crippen LogP contribution in [0.2, 0.25) is 0 Å². The summed E-state index contributed by atoms with van der Waals surface area (Å²) in [5.41, 5.74) is 5.94. The molecule has 1 amide bonds. The van der Waals surface area contributed by atoms with Crippen molar-refractivity contribution in [3.05, 3.63) is 95.1 Å². The molecule has 0 saturated carbocycles. The SMILES string of the molecule is CC(=O)NCc1cccc(-c2cccc(C3OC(CSc4nnnn4C)CC(c4ccc(CO)cc4)O3)c2)c1. The first kappa shape index (κ1) is 27.0. The lowest BCUT2D eigenvalue weighted by Crippen LogP contribution is -2.31. The molecule has 9 nitrogen and oxygen atoms in total. The van der Waals surface area contributed by atoms with Gasteiger partial charge in [0.2, 0.25) is 11.1 Å². The van der Waals surface area contributed by atoms with Gasteiger partial charge in [0.1, 0.15) is 0 Å². The van der Waals surface area contributed by atoms with Crippen LogP contribution in [-0.2, 0) is 34.5 Å². The quantitative estimate of drug-likeness (QED) is 0.299. The number of aryl methyl sites for hydroxylation is 1. The molecule has 4 aromatic rings. The molecule has 1 fully saturated rings. The van der Waals surface area contributed by atoms with E-state index in [0.29, 0.717) is 18.7 Å². The van der Waals surface area contributed by atoms with Crippen molar-refractivity contribution < 1.29 is 19.4 Å². The Morgan fingerprint density at radius 1 is 1.03 bits per heavy atom. The van der Waals surface area contributed by atoms with Crippen molar-refractivity contribution in [1.82, 2.24) is 25.5 Å². The molecule has 1 aliphatic heterocycles. The van der Waals surface area contributed by atoms with Crippen LogP contribution in [0.3, 0.4) is 0 Å². The fraction of sp³-hybridized carbons (Fsp3) is 0.310. The van der Waals surface area contributed by atoms with Crippen molar-refractivity contribution in [2.24, 2.45) is 7.05 Å². The summed E-state index contributed by atoms with van der Waals surface area (Å²) >= 11 is 1.55. The number of carbonyl (C=O) groups excluding carboxylic acids is 1. The number of carbonyl (C=O) groups is 1. The van der Waals surface area contributed by atoms with Crippen LogP contribution >= 0.6 is 11.8 Å². The highest BCUT2D eigenvalue weighted by Crippen LogP contribution is 2.40. The van der Waals surface area contributed by atoms with Gasteiger partial charge in [0.25, 0.3) is 0 Å². The topological polar surface area (TPSA) is 111 Å². The number of nitrogens with zero attached hydrogens (tertiary/aromatic N) is 4. The zero-order valence-corrected chi connectivity index (χ0v) is 22.7. The lowest BCUT2D eigenvalue weighted by molar-refractivity contribution is -0.245. The van der Waals surface area contributed by atoms with Gasteiger partial charge in [-0.3, -0.25) is 4.79 Å². The van der Waals surface area contributed by atoms with E-state index >= 15 is 0 Å². The molecule has 3 atom stereocenters. The second-order valence-electron chi connectivity index (χ2n) is 9.48. The molecular weight excluding hydrogens is 514 g/mol. The summed E-state index contributed by atoms with van der Waals surface area (Å²) in [6.45, 7) is 2.00. The number of rotatable bonds is 9. The highest BCUT2D eigenvalue weighted by Gasteiger charge is 2.32. The Morgan fingerprint density at radius 2 is 1.79 bits per heavy atom. The number of thioether (sulfide) groups is 1. The highest BCUT2D eigenvalue weighted by molar-refractivity contribution is 7.99. The van der Waals surface area contributed by atoms with Crippen molar-refractivity contribution in [1.29, 1.82) is 0 Å². The van der Waals surface area contributed by atoms with E-state index in [4.69, 9.17) is 9.47 Å². The number of benzene rings is 3. The molecule has 3 aromatic carbocycles. The molecule has 1 aromatic heterocycles. The van der Waals surface area contributed by atoms with Crippen molar-refractivity contribution in [3.8, 4) is 11.1 Å². The van der Waals surface area contributed by atoms with E-state index in [-0.39, 0.29) is 24.7 Å². The molecule has 2 N–H and O–H groups in total. The molecule has 5 rings (SSSR count). The lowest BCUT2D eigenvalue weighted by atomic mass is 9.99. The number of hydrogen-bond acceptors (Lipinski definition) is 8. The molecular formula is C29H31N5O4S. The van der Waals surface area contributed by atoms with Crippen molar-refractivity contribution in [2.45, 2.75) is 50.2 Å². The Balaban J connectivity index is 1.38. The predicted molar refractivity (Wildman–Crippen MR) is 147 cm³/mol. The Labute approximate surface area is 231 Å². The third kappa shape index (κ3) is 6.90. The van der Waals surface area contributed by atoms with Gasteiger partial charge in [-0.15, -0.1) is 5.10 Å². The molecule has 202 valence electrons. The molecule has 2 heterocycles. The summed E-state index contributed by atoms with van der Waals surface area (Å²) in [6, 6.07) is 24.2. The van der Waals surface area contributed by atoms with E-state index in [9.17, 15) is 9.90 Å². The fourth-order valence-electron chi connectivity index (χ4n) is 4.49. The van der Waals surface area contributed by atoms with Gasteiger partial charge in [0.05, 0.1) is 18.8 Å². The fourth-order valence-corrected chi connectivity index (χ4v) is 5.35. The van der Waals surface area contributed by atoms with Crippen LogP contribution in [-0.4, -0.2) is 43.1 Å². The van der Waals surface area contributed by atoms with E-state index < -0.39 is 6.29 Å². The van der Waals surface area contributed by atoms with Gasteiger partial charge in [0, 0.05) is 38.3 Å². The minimum absolute atomic E-state index is 0.00134. The molecule has 0 bridgehead atoms. The average Bonchev–Trinajstić information content (AvgIpc) is 3.39.